The van der Waals surface area contributed by atoms with E-state index in [2.05, 4.69) is 18.3 Å². The van der Waals surface area contributed by atoms with Gasteiger partial charge in [0.05, 0.1) is 0 Å². The van der Waals surface area contributed by atoms with Gasteiger partial charge in [-0.25, -0.2) is 4.39 Å². The summed E-state index contributed by atoms with van der Waals surface area (Å²) in [7, 11) is 0. The molecular formula is C15H21ClFN. The van der Waals surface area contributed by atoms with Crippen molar-refractivity contribution in [3.8, 4) is 0 Å². The predicted octanol–water partition coefficient (Wildman–Crippen LogP) is 4.36. The molecule has 0 bridgehead atoms. The van der Waals surface area contributed by atoms with Crippen LogP contribution in [0.3, 0.4) is 0 Å². The summed E-state index contributed by atoms with van der Waals surface area (Å²) >= 11 is 6.06. The third-order valence-electron chi connectivity index (χ3n) is 2.68. The zero-order valence-corrected chi connectivity index (χ0v) is 12.0. The first-order valence-electron chi connectivity index (χ1n) is 6.36. The van der Waals surface area contributed by atoms with E-state index in [9.17, 15) is 4.39 Å². The standard InChI is InChI=1S/C15H21ClFN/c1-4-8-18-12(9-11(2)3)10-13-14(16)6-5-7-15(13)17/h5-7,9,12,18H,4,8,10H2,1-3H3. The SMILES string of the molecule is CCCNC(C=C(C)C)Cc1c(F)cccc1Cl. The molecule has 0 fully saturated rings. The summed E-state index contributed by atoms with van der Waals surface area (Å²) in [5.41, 5.74) is 1.81. The van der Waals surface area contributed by atoms with Crippen LogP contribution < -0.4 is 5.32 Å². The first-order chi connectivity index (χ1) is 8.54. The second-order valence-corrected chi connectivity index (χ2v) is 5.12. The number of rotatable bonds is 6. The molecule has 3 heteroatoms. The Labute approximate surface area is 114 Å². The third kappa shape index (κ3) is 4.79. The average molecular weight is 270 g/mol. The van der Waals surface area contributed by atoms with Crippen molar-refractivity contribution in [2.24, 2.45) is 0 Å². The lowest BCUT2D eigenvalue weighted by atomic mass is 10.0. The van der Waals surface area contributed by atoms with E-state index in [1.807, 2.05) is 13.8 Å². The molecule has 1 aromatic rings. The van der Waals surface area contributed by atoms with Crippen LogP contribution in [-0.2, 0) is 6.42 Å². The van der Waals surface area contributed by atoms with E-state index in [1.165, 1.54) is 11.6 Å². The highest BCUT2D eigenvalue weighted by Crippen LogP contribution is 2.21. The van der Waals surface area contributed by atoms with E-state index in [4.69, 9.17) is 11.6 Å². The highest BCUT2D eigenvalue weighted by Gasteiger charge is 2.12. The van der Waals surface area contributed by atoms with Crippen molar-refractivity contribution < 1.29 is 4.39 Å². The maximum atomic E-state index is 13.7. The summed E-state index contributed by atoms with van der Waals surface area (Å²) in [6, 6.07) is 4.96. The van der Waals surface area contributed by atoms with Gasteiger partial charge in [0.15, 0.2) is 0 Å². The van der Waals surface area contributed by atoms with Gasteiger partial charge < -0.3 is 5.32 Å². The Kier molecular flexibility index (Phi) is 6.37. The van der Waals surface area contributed by atoms with Crippen LogP contribution in [0.5, 0.6) is 0 Å². The fourth-order valence-electron chi connectivity index (χ4n) is 1.87. The molecule has 0 aliphatic rings. The van der Waals surface area contributed by atoms with Crippen LogP contribution in [0.15, 0.2) is 29.8 Å². The molecule has 0 aliphatic heterocycles. The van der Waals surface area contributed by atoms with Crippen molar-refractivity contribution in [1.82, 2.24) is 5.32 Å². The lowest BCUT2D eigenvalue weighted by molar-refractivity contribution is 0.555. The number of nitrogens with one attached hydrogen (secondary N) is 1. The average Bonchev–Trinajstić information content (AvgIpc) is 2.30. The van der Waals surface area contributed by atoms with Crippen LogP contribution in [0.25, 0.3) is 0 Å². The van der Waals surface area contributed by atoms with Crippen molar-refractivity contribution in [3.05, 3.63) is 46.3 Å². The van der Waals surface area contributed by atoms with Crippen LogP contribution in [0.4, 0.5) is 4.39 Å². The quantitative estimate of drug-likeness (QED) is 0.757. The van der Waals surface area contributed by atoms with Crippen molar-refractivity contribution >= 4 is 11.6 Å². The Bertz CT molecular complexity index is 391. The molecule has 0 heterocycles. The minimum atomic E-state index is -0.229. The van der Waals surface area contributed by atoms with Gasteiger partial charge in [0.1, 0.15) is 5.82 Å². The van der Waals surface area contributed by atoms with Gasteiger partial charge in [-0.3, -0.25) is 0 Å². The van der Waals surface area contributed by atoms with Crippen LogP contribution >= 0.6 is 11.6 Å². The minimum absolute atomic E-state index is 0.129. The van der Waals surface area contributed by atoms with E-state index >= 15 is 0 Å². The number of hydrogen-bond acceptors (Lipinski definition) is 1. The summed E-state index contributed by atoms with van der Waals surface area (Å²) in [6.07, 6.45) is 3.76. The van der Waals surface area contributed by atoms with Crippen molar-refractivity contribution in [1.29, 1.82) is 0 Å². The van der Waals surface area contributed by atoms with E-state index < -0.39 is 0 Å². The van der Waals surface area contributed by atoms with Gasteiger partial charge in [-0.1, -0.05) is 36.2 Å². The fraction of sp³-hybridized carbons (Fsp3) is 0.467. The second kappa shape index (κ2) is 7.55. The van der Waals surface area contributed by atoms with Gasteiger partial charge in [0.2, 0.25) is 0 Å². The summed E-state index contributed by atoms with van der Waals surface area (Å²) < 4.78 is 13.7. The van der Waals surface area contributed by atoms with E-state index in [-0.39, 0.29) is 11.9 Å². The molecule has 0 saturated carbocycles. The summed E-state index contributed by atoms with van der Waals surface area (Å²) in [6.45, 7) is 7.12. The fourth-order valence-corrected chi connectivity index (χ4v) is 2.11. The predicted molar refractivity (Wildman–Crippen MR) is 76.6 cm³/mol. The Morgan fingerprint density at radius 2 is 2.17 bits per heavy atom. The van der Waals surface area contributed by atoms with Crippen molar-refractivity contribution in [2.45, 2.75) is 39.7 Å². The van der Waals surface area contributed by atoms with Gasteiger partial charge in [0.25, 0.3) is 0 Å². The Balaban J connectivity index is 2.85. The lowest BCUT2D eigenvalue weighted by Crippen LogP contribution is -2.30. The normalized spacial score (nSPS) is 12.3. The number of benzene rings is 1. The zero-order valence-electron chi connectivity index (χ0n) is 11.3. The molecule has 1 rings (SSSR count). The van der Waals surface area contributed by atoms with E-state index in [1.54, 1.807) is 12.1 Å². The molecule has 0 aliphatic carbocycles. The Morgan fingerprint density at radius 1 is 1.44 bits per heavy atom. The third-order valence-corrected chi connectivity index (χ3v) is 3.03. The van der Waals surface area contributed by atoms with E-state index in [0.717, 1.165) is 13.0 Å². The highest BCUT2D eigenvalue weighted by atomic mass is 35.5. The van der Waals surface area contributed by atoms with Gasteiger partial charge >= 0.3 is 0 Å². The van der Waals surface area contributed by atoms with Crippen LogP contribution in [0.1, 0.15) is 32.8 Å². The molecule has 100 valence electrons. The largest absolute Gasteiger partial charge is 0.310 e. The molecule has 0 aromatic heterocycles. The minimum Gasteiger partial charge on any atom is -0.310 e. The van der Waals surface area contributed by atoms with Crippen molar-refractivity contribution in [2.75, 3.05) is 6.54 Å². The van der Waals surface area contributed by atoms with Crippen LogP contribution in [-0.4, -0.2) is 12.6 Å². The van der Waals surface area contributed by atoms with Crippen LogP contribution in [0.2, 0.25) is 5.02 Å². The maximum Gasteiger partial charge on any atom is 0.127 e. The molecular weight excluding hydrogens is 249 g/mol. The molecule has 0 amide bonds. The second-order valence-electron chi connectivity index (χ2n) is 4.71. The number of allylic oxidation sites excluding steroid dienone is 1. The van der Waals surface area contributed by atoms with Gasteiger partial charge in [-0.15, -0.1) is 0 Å². The van der Waals surface area contributed by atoms with Gasteiger partial charge in [-0.2, -0.15) is 0 Å². The van der Waals surface area contributed by atoms with Gasteiger partial charge in [0, 0.05) is 16.6 Å². The molecule has 1 nitrogen and oxygen atoms in total. The smallest absolute Gasteiger partial charge is 0.127 e. The Hall–Kier alpha value is -0.860. The summed E-state index contributed by atoms with van der Waals surface area (Å²) in [5, 5.41) is 3.90. The Morgan fingerprint density at radius 3 is 2.72 bits per heavy atom. The highest BCUT2D eigenvalue weighted by molar-refractivity contribution is 6.31. The summed E-state index contributed by atoms with van der Waals surface area (Å²) in [4.78, 5) is 0. The molecule has 0 radical (unpaired) electrons. The van der Waals surface area contributed by atoms with Gasteiger partial charge in [-0.05, 0) is 45.4 Å². The molecule has 1 N–H and O–H groups in total. The summed E-state index contributed by atoms with van der Waals surface area (Å²) in [5.74, 6) is -0.229. The monoisotopic (exact) mass is 269 g/mol. The van der Waals surface area contributed by atoms with Crippen molar-refractivity contribution in [3.63, 3.8) is 0 Å². The number of hydrogen-bond donors (Lipinski definition) is 1. The zero-order chi connectivity index (χ0) is 13.5. The van der Waals surface area contributed by atoms with Crippen LogP contribution in [0, 0.1) is 5.82 Å². The number of halogens is 2. The molecule has 18 heavy (non-hydrogen) atoms. The molecule has 1 unspecified atom stereocenters. The molecule has 1 aromatic carbocycles. The molecule has 0 saturated heterocycles. The maximum absolute atomic E-state index is 13.7. The molecule has 0 spiro atoms. The topological polar surface area (TPSA) is 12.0 Å². The first-order valence-corrected chi connectivity index (χ1v) is 6.73. The first kappa shape index (κ1) is 15.2. The van der Waals surface area contributed by atoms with E-state index in [0.29, 0.717) is 17.0 Å². The molecule has 1 atom stereocenters. The lowest BCUT2D eigenvalue weighted by Gasteiger charge is -2.17.